The molecule has 2 aliphatic rings. The van der Waals surface area contributed by atoms with Crippen LogP contribution in [0.4, 0.5) is 11.5 Å². The number of nitrogens with zero attached hydrogens (tertiary/aromatic N) is 5. The first kappa shape index (κ1) is 23.1. The molecule has 3 N–H and O–H groups in total. The normalized spacial score (nSPS) is 16.6. The van der Waals surface area contributed by atoms with E-state index in [2.05, 4.69) is 44.9 Å². The monoisotopic (exact) mass is 466 g/mol. The number of carbonyl (C=O) groups excluding carboxylic acids is 1. The van der Waals surface area contributed by atoms with E-state index >= 15 is 0 Å². The van der Waals surface area contributed by atoms with Crippen LogP contribution in [-0.4, -0.2) is 45.1 Å². The van der Waals surface area contributed by atoms with Gasteiger partial charge in [0.15, 0.2) is 5.82 Å². The molecule has 1 fully saturated rings. The largest absolute Gasteiger partial charge is 0.354 e. The van der Waals surface area contributed by atoms with Crippen LogP contribution >= 0.6 is 8.58 Å². The molecule has 0 spiro atoms. The fourth-order valence-electron chi connectivity index (χ4n) is 3.56. The van der Waals surface area contributed by atoms with E-state index in [4.69, 9.17) is 9.97 Å². The number of allylic oxidation sites excluding steroid dienone is 1. The summed E-state index contributed by atoms with van der Waals surface area (Å²) in [6, 6.07) is 0. The third kappa shape index (κ3) is 5.66. The van der Waals surface area contributed by atoms with Crippen LogP contribution < -0.4 is 16.0 Å². The number of aromatic nitrogens is 4. The Morgan fingerprint density at radius 3 is 2.88 bits per heavy atom. The molecule has 0 bridgehead atoms. The lowest BCUT2D eigenvalue weighted by Crippen LogP contribution is -2.22. The third-order valence-corrected chi connectivity index (χ3v) is 6.42. The highest BCUT2D eigenvalue weighted by molar-refractivity contribution is 7.42. The van der Waals surface area contributed by atoms with Gasteiger partial charge in [0.25, 0.3) is 5.91 Å². The SMILES string of the molecule is CCCC/C=C(\Nc1cnn(C)c1C(=O)NC)c1nc(C2CC2)cnc1NC1=CPCC=N1. The van der Waals surface area contributed by atoms with E-state index in [9.17, 15) is 4.79 Å². The minimum absolute atomic E-state index is 0.204. The van der Waals surface area contributed by atoms with Crippen molar-refractivity contribution in [3.63, 3.8) is 0 Å². The number of anilines is 2. The maximum absolute atomic E-state index is 12.5. The molecule has 1 saturated carbocycles. The summed E-state index contributed by atoms with van der Waals surface area (Å²) in [6.45, 7) is 2.17. The standard InChI is InChI=1S/C23H31N8OP/c1-4-5-6-7-16(28-18-13-27-31(3)21(18)23(32)24-2)20-22(30-19-14-33-11-10-25-19)26-12-17(29-20)15-8-9-15/h7,10,12-15,28,33H,4-6,8-9,11H2,1-3H3,(H,24,32)(H,26,30)/b16-7-. The van der Waals surface area contributed by atoms with Crippen molar-refractivity contribution in [2.24, 2.45) is 12.0 Å². The fraction of sp³-hybridized carbons (Fsp3) is 0.435. The molecule has 2 aromatic heterocycles. The second-order valence-corrected chi connectivity index (χ2v) is 9.24. The second-order valence-electron chi connectivity index (χ2n) is 8.14. The number of aliphatic imine (C=N–C) groups is 1. The summed E-state index contributed by atoms with van der Waals surface area (Å²) in [5.41, 5.74) is 3.62. The Morgan fingerprint density at radius 1 is 1.33 bits per heavy atom. The average Bonchev–Trinajstić information content (AvgIpc) is 3.62. The minimum atomic E-state index is -0.204. The van der Waals surface area contributed by atoms with E-state index in [1.165, 1.54) is 0 Å². The van der Waals surface area contributed by atoms with Gasteiger partial charge in [-0.3, -0.25) is 9.48 Å². The number of carbonyl (C=O) groups is 1. The number of aryl methyl sites for hydroxylation is 1. The summed E-state index contributed by atoms with van der Waals surface area (Å²) in [6.07, 6.45) is 13.9. The highest BCUT2D eigenvalue weighted by Crippen LogP contribution is 2.40. The number of amides is 1. The van der Waals surface area contributed by atoms with Crippen LogP contribution in [0.25, 0.3) is 5.70 Å². The van der Waals surface area contributed by atoms with Gasteiger partial charge in [0.05, 0.1) is 29.5 Å². The highest BCUT2D eigenvalue weighted by atomic mass is 31.1. The molecule has 9 nitrogen and oxygen atoms in total. The lowest BCUT2D eigenvalue weighted by molar-refractivity contribution is 0.0954. The average molecular weight is 467 g/mol. The summed E-state index contributed by atoms with van der Waals surface area (Å²) in [5, 5.41) is 13.8. The highest BCUT2D eigenvalue weighted by Gasteiger charge is 2.27. The van der Waals surface area contributed by atoms with Crippen molar-refractivity contribution < 1.29 is 4.79 Å². The first-order valence-electron chi connectivity index (χ1n) is 11.4. The molecule has 3 heterocycles. The van der Waals surface area contributed by atoms with Gasteiger partial charge in [-0.15, -0.1) is 0 Å². The zero-order chi connectivity index (χ0) is 23.2. The summed E-state index contributed by atoms with van der Waals surface area (Å²) >= 11 is 0. The molecule has 0 saturated heterocycles. The lowest BCUT2D eigenvalue weighted by Gasteiger charge is -2.17. The Bertz CT molecular complexity index is 1100. The zero-order valence-electron chi connectivity index (χ0n) is 19.4. The fourth-order valence-corrected chi connectivity index (χ4v) is 4.21. The zero-order valence-corrected chi connectivity index (χ0v) is 20.4. The van der Waals surface area contributed by atoms with Crippen molar-refractivity contribution >= 4 is 37.9 Å². The molecule has 1 atom stereocenters. The van der Waals surface area contributed by atoms with E-state index in [1.54, 1.807) is 25.0 Å². The number of hydrogen-bond acceptors (Lipinski definition) is 7. The van der Waals surface area contributed by atoms with Gasteiger partial charge < -0.3 is 16.0 Å². The lowest BCUT2D eigenvalue weighted by atomic mass is 10.1. The maximum atomic E-state index is 12.5. The van der Waals surface area contributed by atoms with Crippen LogP contribution in [-0.2, 0) is 7.05 Å². The van der Waals surface area contributed by atoms with Crippen LogP contribution in [0, 0.1) is 0 Å². The van der Waals surface area contributed by atoms with Gasteiger partial charge >= 0.3 is 0 Å². The Morgan fingerprint density at radius 2 is 2.18 bits per heavy atom. The van der Waals surface area contributed by atoms with E-state index in [0.717, 1.165) is 61.2 Å². The van der Waals surface area contributed by atoms with Crippen molar-refractivity contribution in [2.75, 3.05) is 23.8 Å². The van der Waals surface area contributed by atoms with Crippen LogP contribution in [0.1, 0.15) is 66.8 Å². The molecule has 0 aromatic carbocycles. The predicted molar refractivity (Wildman–Crippen MR) is 135 cm³/mol. The van der Waals surface area contributed by atoms with Crippen molar-refractivity contribution in [1.29, 1.82) is 0 Å². The van der Waals surface area contributed by atoms with Gasteiger partial charge in [-0.05, 0) is 31.5 Å². The maximum Gasteiger partial charge on any atom is 0.271 e. The molecule has 1 aliphatic heterocycles. The quantitative estimate of drug-likeness (QED) is 0.360. The topological polar surface area (TPSA) is 109 Å². The summed E-state index contributed by atoms with van der Waals surface area (Å²) in [4.78, 5) is 26.7. The minimum Gasteiger partial charge on any atom is -0.354 e. The van der Waals surface area contributed by atoms with Gasteiger partial charge in [-0.2, -0.15) is 5.10 Å². The van der Waals surface area contributed by atoms with Gasteiger partial charge in [-0.1, -0.05) is 28.0 Å². The molecule has 0 radical (unpaired) electrons. The van der Waals surface area contributed by atoms with E-state index < -0.39 is 0 Å². The van der Waals surface area contributed by atoms with Crippen LogP contribution in [0.3, 0.4) is 0 Å². The second kappa shape index (κ2) is 10.7. The number of nitrogens with one attached hydrogen (secondary N) is 3. The number of hydrogen-bond donors (Lipinski definition) is 3. The van der Waals surface area contributed by atoms with Gasteiger partial charge in [-0.25, -0.2) is 15.0 Å². The Hall–Kier alpha value is -3.06. The number of unbranched alkanes of at least 4 members (excludes halogenated alkanes) is 2. The van der Waals surface area contributed by atoms with Crippen molar-refractivity contribution in [3.8, 4) is 0 Å². The van der Waals surface area contributed by atoms with E-state index in [-0.39, 0.29) is 5.91 Å². The summed E-state index contributed by atoms with van der Waals surface area (Å²) < 4.78 is 1.57. The first-order valence-corrected chi connectivity index (χ1v) is 12.7. The Kier molecular flexibility index (Phi) is 7.50. The molecule has 33 heavy (non-hydrogen) atoms. The van der Waals surface area contributed by atoms with Gasteiger partial charge in [0.1, 0.15) is 17.2 Å². The summed E-state index contributed by atoms with van der Waals surface area (Å²) in [5.74, 6) is 3.79. The van der Waals surface area contributed by atoms with Gasteiger partial charge in [0, 0.05) is 32.4 Å². The molecule has 1 aliphatic carbocycles. The molecular formula is C23H31N8OP. The van der Waals surface area contributed by atoms with E-state index in [0.29, 0.717) is 31.7 Å². The molecule has 1 unspecified atom stereocenters. The van der Waals surface area contributed by atoms with Crippen molar-refractivity contribution in [1.82, 2.24) is 25.1 Å². The van der Waals surface area contributed by atoms with Crippen LogP contribution in [0.2, 0.25) is 0 Å². The van der Waals surface area contributed by atoms with Gasteiger partial charge in [0.2, 0.25) is 0 Å². The van der Waals surface area contributed by atoms with E-state index in [1.807, 2.05) is 12.4 Å². The van der Waals surface area contributed by atoms with Crippen molar-refractivity contribution in [2.45, 2.75) is 44.9 Å². The molecule has 4 rings (SSSR count). The van der Waals surface area contributed by atoms with Crippen LogP contribution in [0.15, 0.2) is 35.1 Å². The molecule has 1 amide bonds. The molecular weight excluding hydrogens is 435 g/mol. The predicted octanol–water partition coefficient (Wildman–Crippen LogP) is 4.06. The first-order chi connectivity index (χ1) is 16.1. The summed E-state index contributed by atoms with van der Waals surface area (Å²) in [7, 11) is 4.07. The Balaban J connectivity index is 1.74. The number of rotatable bonds is 10. The molecule has 2 aromatic rings. The van der Waals surface area contributed by atoms with Crippen LogP contribution in [0.5, 0.6) is 0 Å². The molecule has 10 heteroatoms. The smallest absolute Gasteiger partial charge is 0.271 e. The van der Waals surface area contributed by atoms with Crippen molar-refractivity contribution in [3.05, 3.63) is 47.2 Å². The Labute approximate surface area is 196 Å². The molecule has 174 valence electrons. The third-order valence-electron chi connectivity index (χ3n) is 5.52.